The Bertz CT molecular complexity index is 828. The minimum atomic E-state index is -0.439. The van der Waals surface area contributed by atoms with Gasteiger partial charge < -0.3 is 10.2 Å². The summed E-state index contributed by atoms with van der Waals surface area (Å²) in [4.78, 5) is 11.7. The largest absolute Gasteiger partial charge is 0.423 e. The van der Waals surface area contributed by atoms with Crippen molar-refractivity contribution in [2.75, 3.05) is 0 Å². The van der Waals surface area contributed by atoms with Crippen LogP contribution in [-0.4, -0.2) is 0 Å². The minimum Gasteiger partial charge on any atom is -0.423 e. The van der Waals surface area contributed by atoms with Crippen LogP contribution in [0.15, 0.2) is 57.7 Å². The van der Waals surface area contributed by atoms with Crippen LogP contribution < -0.4 is 11.4 Å². The van der Waals surface area contributed by atoms with E-state index in [1.807, 2.05) is 12.1 Å². The van der Waals surface area contributed by atoms with Crippen LogP contribution in [0.4, 0.5) is 4.39 Å². The van der Waals surface area contributed by atoms with Crippen LogP contribution in [0.5, 0.6) is 0 Å². The summed E-state index contributed by atoms with van der Waals surface area (Å²) in [6.45, 7) is 0.375. The van der Waals surface area contributed by atoms with E-state index < -0.39 is 5.63 Å². The van der Waals surface area contributed by atoms with E-state index in [9.17, 15) is 9.18 Å². The van der Waals surface area contributed by atoms with Crippen LogP contribution in [-0.2, 0) is 6.54 Å². The van der Waals surface area contributed by atoms with E-state index in [-0.39, 0.29) is 18.2 Å². The Morgan fingerprint density at radius 3 is 2.43 bits per heavy atom. The second-order valence-electron chi connectivity index (χ2n) is 4.52. The van der Waals surface area contributed by atoms with Gasteiger partial charge in [0.2, 0.25) is 0 Å². The molecule has 0 radical (unpaired) electrons. The summed E-state index contributed by atoms with van der Waals surface area (Å²) >= 11 is 0. The first-order valence-corrected chi connectivity index (χ1v) is 6.20. The number of hydrogen-bond acceptors (Lipinski definition) is 3. The van der Waals surface area contributed by atoms with Crippen LogP contribution in [0, 0.1) is 5.82 Å². The number of benzene rings is 2. The maximum Gasteiger partial charge on any atom is 0.336 e. The lowest BCUT2D eigenvalue weighted by molar-refractivity contribution is 0.561. The molecule has 108 valence electrons. The Morgan fingerprint density at radius 1 is 1.05 bits per heavy atom. The van der Waals surface area contributed by atoms with E-state index in [0.29, 0.717) is 12.1 Å². The van der Waals surface area contributed by atoms with Gasteiger partial charge in [0.1, 0.15) is 11.4 Å². The topological polar surface area (TPSA) is 56.2 Å². The average molecular weight is 306 g/mol. The molecule has 0 fully saturated rings. The molecule has 0 saturated heterocycles. The molecule has 1 heterocycles. The van der Waals surface area contributed by atoms with Crippen molar-refractivity contribution < 1.29 is 8.81 Å². The van der Waals surface area contributed by atoms with Crippen molar-refractivity contribution >= 4 is 23.4 Å². The molecule has 21 heavy (non-hydrogen) atoms. The SMILES string of the molecule is Cl.NCc1ccc2c(-c3ccc(F)cc3)cc(=O)oc2c1. The molecule has 0 atom stereocenters. The third-order valence-electron chi connectivity index (χ3n) is 3.20. The van der Waals surface area contributed by atoms with Gasteiger partial charge in [0, 0.05) is 18.0 Å². The molecular weight excluding hydrogens is 293 g/mol. The van der Waals surface area contributed by atoms with Gasteiger partial charge in [-0.05, 0) is 34.9 Å². The molecule has 3 nitrogen and oxygen atoms in total. The fourth-order valence-electron chi connectivity index (χ4n) is 2.20. The summed E-state index contributed by atoms with van der Waals surface area (Å²) in [6.07, 6.45) is 0. The molecule has 3 aromatic rings. The summed E-state index contributed by atoms with van der Waals surface area (Å²) in [5.74, 6) is -0.313. The second-order valence-corrected chi connectivity index (χ2v) is 4.52. The van der Waals surface area contributed by atoms with Crippen molar-refractivity contribution in [3.8, 4) is 11.1 Å². The summed E-state index contributed by atoms with van der Waals surface area (Å²) in [5.41, 5.74) is 8.01. The average Bonchev–Trinajstić information content (AvgIpc) is 2.46. The summed E-state index contributed by atoms with van der Waals surface area (Å²) in [6, 6.07) is 12.9. The smallest absolute Gasteiger partial charge is 0.336 e. The highest BCUT2D eigenvalue weighted by atomic mass is 35.5. The van der Waals surface area contributed by atoms with Gasteiger partial charge in [-0.1, -0.05) is 24.3 Å². The van der Waals surface area contributed by atoms with Gasteiger partial charge in [-0.3, -0.25) is 0 Å². The van der Waals surface area contributed by atoms with Crippen LogP contribution in [0.1, 0.15) is 5.56 Å². The molecule has 2 N–H and O–H groups in total. The predicted octanol–water partition coefficient (Wildman–Crippen LogP) is 3.48. The van der Waals surface area contributed by atoms with Crippen LogP contribution in [0.3, 0.4) is 0 Å². The molecule has 2 aromatic carbocycles. The van der Waals surface area contributed by atoms with Crippen molar-refractivity contribution in [2.24, 2.45) is 5.73 Å². The molecule has 0 aliphatic rings. The quantitative estimate of drug-likeness (QED) is 0.737. The van der Waals surface area contributed by atoms with Gasteiger partial charge >= 0.3 is 5.63 Å². The van der Waals surface area contributed by atoms with E-state index in [4.69, 9.17) is 10.2 Å². The van der Waals surface area contributed by atoms with Crippen molar-refractivity contribution in [2.45, 2.75) is 6.54 Å². The Kier molecular flexibility index (Phi) is 4.40. The Labute approximate surface area is 126 Å². The number of halogens is 2. The number of fused-ring (bicyclic) bond motifs is 1. The zero-order chi connectivity index (χ0) is 14.1. The molecule has 0 amide bonds. The molecule has 0 aliphatic carbocycles. The van der Waals surface area contributed by atoms with Gasteiger partial charge in [-0.2, -0.15) is 0 Å². The van der Waals surface area contributed by atoms with Crippen molar-refractivity contribution in [1.82, 2.24) is 0 Å². The zero-order valence-corrected chi connectivity index (χ0v) is 11.8. The van der Waals surface area contributed by atoms with E-state index >= 15 is 0 Å². The van der Waals surface area contributed by atoms with Crippen molar-refractivity contribution in [3.05, 3.63) is 70.3 Å². The Balaban J connectivity index is 0.00000161. The number of rotatable bonds is 2. The maximum absolute atomic E-state index is 13.0. The fraction of sp³-hybridized carbons (Fsp3) is 0.0625. The first kappa shape index (κ1) is 15.2. The molecular formula is C16H13ClFNO2. The molecule has 0 aliphatic heterocycles. The molecule has 1 aromatic heterocycles. The highest BCUT2D eigenvalue weighted by molar-refractivity contribution is 5.93. The van der Waals surface area contributed by atoms with Gasteiger partial charge in [-0.25, -0.2) is 9.18 Å². The van der Waals surface area contributed by atoms with Gasteiger partial charge in [0.05, 0.1) is 0 Å². The number of hydrogen-bond donors (Lipinski definition) is 1. The van der Waals surface area contributed by atoms with E-state index in [1.54, 1.807) is 18.2 Å². The van der Waals surface area contributed by atoms with Crippen LogP contribution in [0.2, 0.25) is 0 Å². The minimum absolute atomic E-state index is 0. The van der Waals surface area contributed by atoms with Gasteiger partial charge in [-0.15, -0.1) is 12.4 Å². The third kappa shape index (κ3) is 2.96. The monoisotopic (exact) mass is 305 g/mol. The lowest BCUT2D eigenvalue weighted by Gasteiger charge is -2.06. The van der Waals surface area contributed by atoms with E-state index in [1.165, 1.54) is 18.2 Å². The second kappa shape index (κ2) is 6.08. The van der Waals surface area contributed by atoms with Crippen LogP contribution in [0.25, 0.3) is 22.1 Å². The lowest BCUT2D eigenvalue weighted by Crippen LogP contribution is -2.00. The molecule has 0 saturated carbocycles. The highest BCUT2D eigenvalue weighted by Gasteiger charge is 2.08. The number of nitrogens with two attached hydrogens (primary N) is 1. The third-order valence-corrected chi connectivity index (χ3v) is 3.20. The van der Waals surface area contributed by atoms with Crippen LogP contribution >= 0.6 is 12.4 Å². The summed E-state index contributed by atoms with van der Waals surface area (Å²) in [7, 11) is 0. The van der Waals surface area contributed by atoms with Gasteiger partial charge in [0.25, 0.3) is 0 Å². The standard InChI is InChI=1S/C16H12FNO2.ClH/c17-12-4-2-11(3-5-12)14-8-16(19)20-15-7-10(9-18)1-6-13(14)15;/h1-8H,9,18H2;1H. The fourth-order valence-corrected chi connectivity index (χ4v) is 2.20. The zero-order valence-electron chi connectivity index (χ0n) is 11.0. The summed E-state index contributed by atoms with van der Waals surface area (Å²) in [5, 5.41) is 0.799. The predicted molar refractivity (Wildman–Crippen MR) is 83.0 cm³/mol. The lowest BCUT2D eigenvalue weighted by atomic mass is 10.0. The molecule has 0 unspecified atom stereocenters. The van der Waals surface area contributed by atoms with Crippen molar-refractivity contribution in [3.63, 3.8) is 0 Å². The molecule has 5 heteroatoms. The molecule has 0 spiro atoms. The maximum atomic E-state index is 13.0. The Morgan fingerprint density at radius 2 is 1.76 bits per heavy atom. The highest BCUT2D eigenvalue weighted by Crippen LogP contribution is 2.27. The van der Waals surface area contributed by atoms with E-state index in [2.05, 4.69) is 0 Å². The normalized spacial score (nSPS) is 10.4. The first-order chi connectivity index (χ1) is 9.67. The first-order valence-electron chi connectivity index (χ1n) is 6.20. The Hall–Kier alpha value is -2.17. The van der Waals surface area contributed by atoms with E-state index in [0.717, 1.165) is 22.1 Å². The van der Waals surface area contributed by atoms with Crippen molar-refractivity contribution in [1.29, 1.82) is 0 Å². The summed E-state index contributed by atoms with van der Waals surface area (Å²) < 4.78 is 18.2. The molecule has 3 rings (SSSR count). The molecule has 0 bridgehead atoms. The van der Waals surface area contributed by atoms with Gasteiger partial charge in [0.15, 0.2) is 0 Å².